The van der Waals surface area contributed by atoms with Gasteiger partial charge in [0.2, 0.25) is 5.84 Å². The van der Waals surface area contributed by atoms with Gasteiger partial charge in [-0.3, -0.25) is 10.2 Å². The Kier molecular flexibility index (Phi) is 7.53. The summed E-state index contributed by atoms with van der Waals surface area (Å²) < 4.78 is 127. The van der Waals surface area contributed by atoms with Crippen molar-refractivity contribution >= 4 is 46.5 Å². The summed E-state index contributed by atoms with van der Waals surface area (Å²) in [5.74, 6) is -4.59. The van der Waals surface area contributed by atoms with E-state index in [1.807, 2.05) is 0 Å². The number of esters is 1. The Labute approximate surface area is 223 Å². The number of nitrogens with one attached hydrogen (secondary N) is 2. The van der Waals surface area contributed by atoms with Gasteiger partial charge in [0.25, 0.3) is 0 Å². The molecule has 1 aromatic carbocycles. The van der Waals surface area contributed by atoms with Crippen molar-refractivity contribution < 1.29 is 49.0 Å². The summed E-state index contributed by atoms with van der Waals surface area (Å²) in [4.78, 5) is 15.8. The van der Waals surface area contributed by atoms with Crippen LogP contribution < -0.4 is 10.3 Å². The molecule has 2 aliphatic heterocycles. The number of carbonyl (C=O) groups excluding carboxylic acids is 1. The van der Waals surface area contributed by atoms with Gasteiger partial charge in [0, 0.05) is 0 Å². The number of hydrogen-bond donors (Lipinski definition) is 2. The SMILES string of the molecule is N=C1C2=C(C(F)(F)F)NC(C(F)(F)F)=NC2N(COC(=O)C2CCCC2)N1c1c(Cl)cc(C(F)(F)F)cc1Cl. The first-order chi connectivity index (χ1) is 17.9. The minimum atomic E-state index is -5.46. The van der Waals surface area contributed by atoms with Crippen molar-refractivity contribution in [1.29, 1.82) is 5.41 Å². The molecule has 7 nitrogen and oxygen atoms in total. The molecule has 1 saturated heterocycles. The number of halogens is 11. The van der Waals surface area contributed by atoms with Crippen LogP contribution in [0.5, 0.6) is 0 Å². The third-order valence-electron chi connectivity index (χ3n) is 6.16. The van der Waals surface area contributed by atoms with E-state index in [2.05, 4.69) is 4.99 Å². The second kappa shape index (κ2) is 10.0. The van der Waals surface area contributed by atoms with Gasteiger partial charge in [-0.15, -0.1) is 5.01 Å². The number of carbonyl (C=O) groups is 1. The number of benzene rings is 1. The lowest BCUT2D eigenvalue weighted by molar-refractivity contribution is -0.153. The standard InChI is InChI=1S/C21H16Cl2F9N5O2/c22-10-5-9(19(24,25)26)6-11(23)13(10)37-15(33)12-14(20(27,28)29)34-18(21(30,31)32)35-16(12)36(37)7-39-17(38)8-3-1-2-4-8/h5-6,8,16,33H,1-4,7H2,(H,34,35). The number of alkyl halides is 9. The van der Waals surface area contributed by atoms with Crippen molar-refractivity contribution in [3.05, 3.63) is 39.0 Å². The van der Waals surface area contributed by atoms with E-state index >= 15 is 0 Å². The largest absolute Gasteiger partial charge is 0.449 e. The van der Waals surface area contributed by atoms with Crippen LogP contribution in [0.15, 0.2) is 28.4 Å². The van der Waals surface area contributed by atoms with Crippen LogP contribution in [-0.2, 0) is 15.7 Å². The van der Waals surface area contributed by atoms with Crippen LogP contribution in [0, 0.1) is 11.3 Å². The molecule has 0 spiro atoms. The zero-order chi connectivity index (χ0) is 29.1. The van der Waals surface area contributed by atoms with E-state index in [-0.39, 0.29) is 0 Å². The predicted octanol–water partition coefficient (Wildman–Crippen LogP) is 6.42. The molecule has 1 unspecified atom stereocenters. The molecule has 0 amide bonds. The maximum absolute atomic E-state index is 13.9. The Morgan fingerprint density at radius 3 is 2.05 bits per heavy atom. The molecule has 1 aromatic rings. The molecule has 0 radical (unpaired) electrons. The molecule has 1 aliphatic carbocycles. The molecule has 0 bridgehead atoms. The summed E-state index contributed by atoms with van der Waals surface area (Å²) in [6.45, 7) is -1.03. The Balaban J connectivity index is 1.86. The first kappa shape index (κ1) is 29.3. The molecule has 3 aliphatic rings. The average molecular weight is 612 g/mol. The third kappa shape index (κ3) is 5.63. The number of allylic oxidation sites excluding steroid dienone is 1. The topological polar surface area (TPSA) is 81.0 Å². The molecule has 2 N–H and O–H groups in total. The molecule has 1 atom stereocenters. The van der Waals surface area contributed by atoms with Crippen molar-refractivity contribution in [2.75, 3.05) is 11.7 Å². The molecular formula is C21H16Cl2F9N5O2. The van der Waals surface area contributed by atoms with E-state index in [4.69, 9.17) is 33.3 Å². The summed E-state index contributed by atoms with van der Waals surface area (Å²) in [6.07, 6.45) is -15.7. The lowest BCUT2D eigenvalue weighted by atomic mass is 10.1. The smallest absolute Gasteiger partial charge is 0.447 e. The summed E-state index contributed by atoms with van der Waals surface area (Å²) in [5, 5.41) is 8.95. The van der Waals surface area contributed by atoms with Gasteiger partial charge in [-0.1, -0.05) is 36.0 Å². The highest BCUT2D eigenvalue weighted by Gasteiger charge is 2.55. The molecule has 1 saturated carbocycles. The van der Waals surface area contributed by atoms with E-state index in [0.29, 0.717) is 47.8 Å². The van der Waals surface area contributed by atoms with Crippen LogP contribution in [0.1, 0.15) is 31.2 Å². The summed E-state index contributed by atoms with van der Waals surface area (Å²) >= 11 is 12.0. The Hall–Kier alpha value is -2.72. The van der Waals surface area contributed by atoms with Gasteiger partial charge in [-0.2, -0.15) is 39.5 Å². The predicted molar refractivity (Wildman–Crippen MR) is 120 cm³/mol. The third-order valence-corrected chi connectivity index (χ3v) is 6.74. The lowest BCUT2D eigenvalue weighted by Gasteiger charge is -2.32. The van der Waals surface area contributed by atoms with Crippen LogP contribution in [0.25, 0.3) is 0 Å². The summed E-state index contributed by atoms with van der Waals surface area (Å²) in [6, 6.07) is 0.755. The van der Waals surface area contributed by atoms with Gasteiger partial charge in [0.1, 0.15) is 11.5 Å². The summed E-state index contributed by atoms with van der Waals surface area (Å²) in [7, 11) is 0. The van der Waals surface area contributed by atoms with Crippen LogP contribution in [-0.4, -0.2) is 47.9 Å². The van der Waals surface area contributed by atoms with Gasteiger partial charge in [0.05, 0.1) is 32.8 Å². The second-order valence-electron chi connectivity index (χ2n) is 8.72. The number of fused-ring (bicyclic) bond motifs is 1. The Morgan fingerprint density at radius 2 is 1.56 bits per heavy atom. The quantitative estimate of drug-likeness (QED) is 0.303. The maximum atomic E-state index is 13.9. The van der Waals surface area contributed by atoms with Crippen molar-refractivity contribution in [2.24, 2.45) is 10.9 Å². The Bertz CT molecular complexity index is 1230. The summed E-state index contributed by atoms with van der Waals surface area (Å²) in [5.41, 5.74) is -5.12. The fourth-order valence-corrected chi connectivity index (χ4v) is 5.07. The minimum absolute atomic E-state index is 0.377. The molecule has 2 fully saturated rings. The van der Waals surface area contributed by atoms with E-state index < -0.39 is 87.6 Å². The first-order valence-corrected chi connectivity index (χ1v) is 11.8. The number of amidine groups is 2. The highest BCUT2D eigenvalue weighted by Crippen LogP contribution is 2.46. The number of rotatable bonds is 4. The number of anilines is 1. The van der Waals surface area contributed by atoms with Gasteiger partial charge in [-0.05, 0) is 25.0 Å². The van der Waals surface area contributed by atoms with E-state index in [9.17, 15) is 44.3 Å². The minimum Gasteiger partial charge on any atom is -0.447 e. The fourth-order valence-electron chi connectivity index (χ4n) is 4.42. The zero-order valence-corrected chi connectivity index (χ0v) is 20.7. The number of nitrogens with zero attached hydrogens (tertiary/aromatic N) is 3. The van der Waals surface area contributed by atoms with E-state index in [1.54, 1.807) is 0 Å². The fraction of sp³-hybridized carbons (Fsp3) is 0.476. The normalized spacial score (nSPS) is 21.3. The van der Waals surface area contributed by atoms with Gasteiger partial charge in [-0.25, -0.2) is 10.0 Å². The number of aliphatic imine (C=N–C) groups is 1. The molecule has 0 aromatic heterocycles. The molecule has 2 heterocycles. The van der Waals surface area contributed by atoms with Crippen LogP contribution in [0.2, 0.25) is 10.0 Å². The molecular weight excluding hydrogens is 596 g/mol. The van der Waals surface area contributed by atoms with Crippen LogP contribution in [0.4, 0.5) is 45.2 Å². The van der Waals surface area contributed by atoms with E-state index in [1.165, 1.54) is 0 Å². The molecule has 214 valence electrons. The highest BCUT2D eigenvalue weighted by molar-refractivity contribution is 6.40. The van der Waals surface area contributed by atoms with Crippen molar-refractivity contribution in [2.45, 2.75) is 50.4 Å². The van der Waals surface area contributed by atoms with E-state index in [0.717, 1.165) is 5.32 Å². The highest BCUT2D eigenvalue weighted by atomic mass is 35.5. The second-order valence-corrected chi connectivity index (χ2v) is 9.53. The van der Waals surface area contributed by atoms with Gasteiger partial charge in [0.15, 0.2) is 12.9 Å². The van der Waals surface area contributed by atoms with Crippen LogP contribution in [0.3, 0.4) is 0 Å². The molecule has 18 heteroatoms. The maximum Gasteiger partial charge on any atom is 0.449 e. The molecule has 4 rings (SSSR count). The number of ether oxygens (including phenoxy) is 1. The lowest BCUT2D eigenvalue weighted by Crippen LogP contribution is -2.49. The van der Waals surface area contributed by atoms with Crippen molar-refractivity contribution in [3.8, 4) is 0 Å². The Morgan fingerprint density at radius 1 is 1.00 bits per heavy atom. The van der Waals surface area contributed by atoms with Crippen molar-refractivity contribution in [3.63, 3.8) is 0 Å². The monoisotopic (exact) mass is 611 g/mol. The van der Waals surface area contributed by atoms with Gasteiger partial charge < -0.3 is 10.1 Å². The zero-order valence-electron chi connectivity index (χ0n) is 19.2. The average Bonchev–Trinajstić information content (AvgIpc) is 3.42. The van der Waals surface area contributed by atoms with Crippen molar-refractivity contribution in [1.82, 2.24) is 10.3 Å². The molecule has 39 heavy (non-hydrogen) atoms. The number of hydrogen-bond acceptors (Lipinski definition) is 6. The number of hydrazine groups is 1. The van der Waals surface area contributed by atoms with Crippen LogP contribution >= 0.6 is 23.2 Å². The van der Waals surface area contributed by atoms with Gasteiger partial charge >= 0.3 is 24.5 Å². The first-order valence-electron chi connectivity index (χ1n) is 11.0.